The lowest BCUT2D eigenvalue weighted by Gasteiger charge is -2.25. The number of aryl methyl sites for hydroxylation is 3. The van der Waals surface area contributed by atoms with Gasteiger partial charge in [0.05, 0.1) is 11.7 Å². The van der Waals surface area contributed by atoms with E-state index in [4.69, 9.17) is 16.6 Å². The number of amides is 1. The van der Waals surface area contributed by atoms with Crippen LogP contribution in [0.4, 0.5) is 5.69 Å². The van der Waals surface area contributed by atoms with Crippen molar-refractivity contribution in [1.82, 2.24) is 15.2 Å². The summed E-state index contributed by atoms with van der Waals surface area (Å²) in [6, 6.07) is 15.4. The standard InChI is InChI=1S/C24H26N4O2S/c1-15-7-8-16(2)19(14-15)26-21(29)11-13-28-23(20-10-9-17(3)30-20)22(27-24(28)31)18-6-4-5-12-25-18/h4-10,12,14,22-23H,11,13H2,1-3H3,(H,26,29)(H,27,31)/t22-,23-/m0/s1. The van der Waals surface area contributed by atoms with Crippen molar-refractivity contribution in [3.05, 3.63) is 83.1 Å². The molecule has 2 N–H and O–H groups in total. The molecule has 31 heavy (non-hydrogen) atoms. The predicted octanol–water partition coefficient (Wildman–Crippen LogP) is 4.60. The van der Waals surface area contributed by atoms with E-state index < -0.39 is 0 Å². The number of hydrogen-bond donors (Lipinski definition) is 2. The second-order valence-corrected chi connectivity index (χ2v) is 8.27. The lowest BCUT2D eigenvalue weighted by Crippen LogP contribution is -2.32. The molecule has 160 valence electrons. The Hall–Kier alpha value is -3.19. The predicted molar refractivity (Wildman–Crippen MR) is 125 cm³/mol. The molecule has 3 aromatic rings. The van der Waals surface area contributed by atoms with E-state index in [0.29, 0.717) is 18.1 Å². The molecule has 0 saturated carbocycles. The molecule has 4 rings (SSSR count). The van der Waals surface area contributed by atoms with Gasteiger partial charge in [-0.05, 0) is 74.4 Å². The van der Waals surface area contributed by atoms with Crippen LogP contribution in [0, 0.1) is 20.8 Å². The van der Waals surface area contributed by atoms with E-state index in [0.717, 1.165) is 34.0 Å². The number of pyridine rings is 1. The van der Waals surface area contributed by atoms with Crippen LogP contribution in [0.2, 0.25) is 0 Å². The van der Waals surface area contributed by atoms with Crippen LogP contribution in [0.15, 0.2) is 59.1 Å². The van der Waals surface area contributed by atoms with Crippen LogP contribution < -0.4 is 10.6 Å². The van der Waals surface area contributed by atoms with Gasteiger partial charge in [0, 0.05) is 24.8 Å². The Balaban J connectivity index is 1.52. The van der Waals surface area contributed by atoms with Gasteiger partial charge >= 0.3 is 0 Å². The number of thiocarbonyl (C=S) groups is 1. The summed E-state index contributed by atoms with van der Waals surface area (Å²) < 4.78 is 5.96. The van der Waals surface area contributed by atoms with Crippen LogP contribution in [0.3, 0.4) is 0 Å². The number of aromatic nitrogens is 1. The fourth-order valence-corrected chi connectivity index (χ4v) is 4.20. The van der Waals surface area contributed by atoms with Gasteiger partial charge < -0.3 is 20.0 Å². The van der Waals surface area contributed by atoms with Crippen LogP contribution in [-0.2, 0) is 4.79 Å². The molecule has 6 nitrogen and oxygen atoms in total. The summed E-state index contributed by atoms with van der Waals surface area (Å²) in [4.78, 5) is 19.2. The first-order valence-corrected chi connectivity index (χ1v) is 10.7. The number of rotatable bonds is 6. The molecule has 0 unspecified atom stereocenters. The molecule has 2 aromatic heterocycles. The van der Waals surface area contributed by atoms with Gasteiger partial charge in [0.25, 0.3) is 0 Å². The minimum atomic E-state index is -0.176. The number of carbonyl (C=O) groups excluding carboxylic acids is 1. The number of nitrogens with zero attached hydrogens (tertiary/aromatic N) is 2. The van der Waals surface area contributed by atoms with E-state index in [2.05, 4.69) is 15.6 Å². The molecule has 0 spiro atoms. The second-order valence-electron chi connectivity index (χ2n) is 7.88. The number of hydrogen-bond acceptors (Lipinski definition) is 4. The number of anilines is 1. The van der Waals surface area contributed by atoms with Crippen molar-refractivity contribution in [2.75, 3.05) is 11.9 Å². The van der Waals surface area contributed by atoms with E-state index in [1.54, 1.807) is 6.20 Å². The van der Waals surface area contributed by atoms with Gasteiger partial charge in [-0.2, -0.15) is 0 Å². The van der Waals surface area contributed by atoms with Crippen molar-refractivity contribution in [3.63, 3.8) is 0 Å². The topological polar surface area (TPSA) is 70.4 Å². The number of furan rings is 1. The lowest BCUT2D eigenvalue weighted by molar-refractivity contribution is -0.116. The van der Waals surface area contributed by atoms with Gasteiger partial charge in [0.2, 0.25) is 5.91 Å². The molecular weight excluding hydrogens is 408 g/mol. The summed E-state index contributed by atoms with van der Waals surface area (Å²) >= 11 is 5.63. The van der Waals surface area contributed by atoms with E-state index in [1.165, 1.54) is 0 Å². The van der Waals surface area contributed by atoms with Crippen molar-refractivity contribution < 1.29 is 9.21 Å². The molecule has 0 bridgehead atoms. The number of carbonyl (C=O) groups is 1. The molecular formula is C24H26N4O2S. The first-order chi connectivity index (χ1) is 14.9. The highest BCUT2D eigenvalue weighted by molar-refractivity contribution is 7.80. The Labute approximate surface area is 187 Å². The zero-order chi connectivity index (χ0) is 22.0. The zero-order valence-corrected chi connectivity index (χ0v) is 18.7. The largest absolute Gasteiger partial charge is 0.464 e. The summed E-state index contributed by atoms with van der Waals surface area (Å²) in [5.41, 5.74) is 3.87. The van der Waals surface area contributed by atoms with E-state index in [9.17, 15) is 4.79 Å². The van der Waals surface area contributed by atoms with Gasteiger partial charge in [0.15, 0.2) is 5.11 Å². The Morgan fingerprint density at radius 3 is 2.74 bits per heavy atom. The van der Waals surface area contributed by atoms with E-state index in [-0.39, 0.29) is 18.0 Å². The van der Waals surface area contributed by atoms with Crippen LogP contribution >= 0.6 is 12.2 Å². The molecule has 1 aromatic carbocycles. The molecule has 1 fully saturated rings. The Morgan fingerprint density at radius 2 is 2.03 bits per heavy atom. The Bertz CT molecular complexity index is 1100. The fourth-order valence-electron chi connectivity index (χ4n) is 3.87. The minimum absolute atomic E-state index is 0.0489. The SMILES string of the molecule is Cc1ccc(C)c(NC(=O)CCN2C(=S)N[C@@H](c3ccccn3)[C@@H]2c2ccc(C)o2)c1. The average Bonchev–Trinajstić information content (AvgIpc) is 3.32. The molecule has 3 heterocycles. The molecule has 7 heteroatoms. The van der Waals surface area contributed by atoms with Crippen molar-refractivity contribution in [2.24, 2.45) is 0 Å². The van der Waals surface area contributed by atoms with Gasteiger partial charge in [-0.3, -0.25) is 9.78 Å². The molecule has 1 aliphatic rings. The normalized spacial score (nSPS) is 18.2. The third kappa shape index (κ3) is 4.61. The summed E-state index contributed by atoms with van der Waals surface area (Å²) in [6.45, 7) is 6.39. The maximum atomic E-state index is 12.7. The third-order valence-corrected chi connectivity index (χ3v) is 5.85. The van der Waals surface area contributed by atoms with Gasteiger partial charge in [-0.15, -0.1) is 0 Å². The van der Waals surface area contributed by atoms with Crippen molar-refractivity contribution in [3.8, 4) is 0 Å². The highest BCUT2D eigenvalue weighted by Crippen LogP contribution is 2.39. The summed E-state index contributed by atoms with van der Waals surface area (Å²) in [6.07, 6.45) is 2.07. The van der Waals surface area contributed by atoms with Crippen LogP contribution in [0.5, 0.6) is 0 Å². The lowest BCUT2D eigenvalue weighted by atomic mass is 10.0. The highest BCUT2D eigenvalue weighted by Gasteiger charge is 2.41. The molecule has 0 aliphatic carbocycles. The fraction of sp³-hybridized carbons (Fsp3) is 0.292. The van der Waals surface area contributed by atoms with Gasteiger partial charge in [-0.1, -0.05) is 18.2 Å². The second kappa shape index (κ2) is 8.89. The molecule has 1 amide bonds. The van der Waals surface area contributed by atoms with Crippen molar-refractivity contribution >= 4 is 28.9 Å². The summed E-state index contributed by atoms with van der Waals surface area (Å²) in [5.74, 6) is 1.59. The first kappa shape index (κ1) is 21.1. The molecule has 1 aliphatic heterocycles. The molecule has 1 saturated heterocycles. The van der Waals surface area contributed by atoms with E-state index in [1.807, 2.05) is 74.2 Å². The minimum Gasteiger partial charge on any atom is -0.464 e. The van der Waals surface area contributed by atoms with Crippen molar-refractivity contribution in [1.29, 1.82) is 0 Å². The first-order valence-electron chi connectivity index (χ1n) is 10.3. The average molecular weight is 435 g/mol. The monoisotopic (exact) mass is 434 g/mol. The number of benzene rings is 1. The van der Waals surface area contributed by atoms with Crippen LogP contribution in [-0.4, -0.2) is 27.4 Å². The zero-order valence-electron chi connectivity index (χ0n) is 17.9. The van der Waals surface area contributed by atoms with Gasteiger partial charge in [-0.25, -0.2) is 0 Å². The number of nitrogens with one attached hydrogen (secondary N) is 2. The quantitative estimate of drug-likeness (QED) is 0.553. The summed E-state index contributed by atoms with van der Waals surface area (Å²) in [7, 11) is 0. The van der Waals surface area contributed by atoms with Crippen molar-refractivity contribution in [2.45, 2.75) is 39.3 Å². The summed E-state index contributed by atoms with van der Waals surface area (Å²) in [5, 5.41) is 6.99. The Kier molecular flexibility index (Phi) is 6.04. The van der Waals surface area contributed by atoms with Crippen LogP contribution in [0.1, 0.15) is 46.8 Å². The highest BCUT2D eigenvalue weighted by atomic mass is 32.1. The van der Waals surface area contributed by atoms with Gasteiger partial charge in [0.1, 0.15) is 17.6 Å². The third-order valence-electron chi connectivity index (χ3n) is 5.50. The maximum Gasteiger partial charge on any atom is 0.226 e. The van der Waals surface area contributed by atoms with E-state index >= 15 is 0 Å². The molecule has 2 atom stereocenters. The smallest absolute Gasteiger partial charge is 0.226 e. The van der Waals surface area contributed by atoms with Crippen LogP contribution in [0.25, 0.3) is 0 Å². The maximum absolute atomic E-state index is 12.7. The molecule has 0 radical (unpaired) electrons. The Morgan fingerprint density at radius 1 is 1.19 bits per heavy atom.